The number of fused-ring (bicyclic) bond motifs is 1. The van der Waals surface area contributed by atoms with E-state index in [1.165, 1.54) is 17.5 Å². The van der Waals surface area contributed by atoms with Gasteiger partial charge in [-0.25, -0.2) is 0 Å². The number of nitrogens with zero attached hydrogens (tertiary/aromatic N) is 1. The summed E-state index contributed by atoms with van der Waals surface area (Å²) >= 11 is 0. The van der Waals surface area contributed by atoms with Gasteiger partial charge < -0.3 is 14.2 Å². The number of ketones is 1. The normalized spacial score (nSPS) is 12.1. The summed E-state index contributed by atoms with van der Waals surface area (Å²) in [5, 5.41) is 9.01. The van der Waals surface area contributed by atoms with Gasteiger partial charge in [-0.2, -0.15) is 0 Å². The minimum atomic E-state index is -0.810. The van der Waals surface area contributed by atoms with Crippen LogP contribution < -0.4 is 4.74 Å². The van der Waals surface area contributed by atoms with Crippen molar-refractivity contribution in [3.8, 4) is 5.75 Å². The van der Waals surface area contributed by atoms with Crippen LogP contribution >= 0.6 is 0 Å². The zero-order valence-corrected chi connectivity index (χ0v) is 23.9. The highest BCUT2D eigenvalue weighted by Crippen LogP contribution is 2.29. The Hall–Kier alpha value is -3.86. The average Bonchev–Trinajstić information content (AvgIpc) is 3.31. The third kappa shape index (κ3) is 7.62. The first-order valence-electron chi connectivity index (χ1n) is 14.6. The second kappa shape index (κ2) is 14.0. The molecule has 0 amide bonds. The molecule has 2 aromatic heterocycles. The molecule has 40 heavy (non-hydrogen) atoms. The van der Waals surface area contributed by atoms with Crippen LogP contribution in [0, 0.1) is 5.92 Å². The van der Waals surface area contributed by atoms with Crippen molar-refractivity contribution >= 4 is 17.3 Å². The Balaban J connectivity index is 1.51. The maximum absolute atomic E-state index is 13.5. The number of carboxylic acids is 1. The van der Waals surface area contributed by atoms with Crippen LogP contribution in [0.15, 0.2) is 79.0 Å². The second-order valence-electron chi connectivity index (χ2n) is 11.0. The molecule has 0 saturated heterocycles. The van der Waals surface area contributed by atoms with E-state index in [0.717, 1.165) is 42.6 Å². The van der Waals surface area contributed by atoms with E-state index in [4.69, 9.17) is 9.84 Å². The van der Waals surface area contributed by atoms with E-state index in [1.807, 2.05) is 59.1 Å². The number of unbranched alkanes of at least 4 members (excludes halogenated alkanes) is 2. The van der Waals surface area contributed by atoms with Crippen molar-refractivity contribution in [2.45, 2.75) is 78.2 Å². The standard InChI is InChI=1S/C35H41NO4/c1-4-5-6-12-33(27-16-14-26(15-17-27)23-25(2)3)40-30-20-18-28(19-21-30)35(39)31-24-29(10-9-13-34(37)38)36-22-8-7-11-32(31)36/h7-8,11,14-22,24-25,33H,4-6,9-10,12-13,23H2,1-3H3,(H,37,38)/t33-/m1/s1. The molecule has 0 spiro atoms. The van der Waals surface area contributed by atoms with E-state index in [-0.39, 0.29) is 18.3 Å². The largest absolute Gasteiger partial charge is 0.486 e. The highest BCUT2D eigenvalue weighted by molar-refractivity contribution is 6.13. The quantitative estimate of drug-likeness (QED) is 0.121. The summed E-state index contributed by atoms with van der Waals surface area (Å²) in [6.45, 7) is 6.68. The number of benzene rings is 2. The predicted octanol–water partition coefficient (Wildman–Crippen LogP) is 8.48. The van der Waals surface area contributed by atoms with Crippen molar-refractivity contribution in [2.24, 2.45) is 5.92 Å². The zero-order valence-electron chi connectivity index (χ0n) is 23.9. The number of aliphatic carboxylic acids is 1. The smallest absolute Gasteiger partial charge is 0.303 e. The number of rotatable bonds is 15. The number of carboxylic acid groups (broad SMARTS) is 1. The molecule has 2 aromatic carbocycles. The molecule has 0 aliphatic rings. The lowest BCUT2D eigenvalue weighted by Crippen LogP contribution is -2.09. The van der Waals surface area contributed by atoms with Gasteiger partial charge >= 0.3 is 5.97 Å². The number of carbonyl (C=O) groups is 2. The lowest BCUT2D eigenvalue weighted by atomic mass is 9.98. The maximum atomic E-state index is 13.5. The molecule has 5 nitrogen and oxygen atoms in total. The predicted molar refractivity (Wildman–Crippen MR) is 160 cm³/mol. The van der Waals surface area contributed by atoms with Gasteiger partial charge in [-0.1, -0.05) is 63.9 Å². The highest BCUT2D eigenvalue weighted by atomic mass is 16.5. The Kier molecular flexibility index (Phi) is 10.2. The Morgan fingerprint density at radius 3 is 2.35 bits per heavy atom. The van der Waals surface area contributed by atoms with E-state index < -0.39 is 5.97 Å². The van der Waals surface area contributed by atoms with Crippen LogP contribution in [0.5, 0.6) is 5.75 Å². The number of aromatic nitrogens is 1. The van der Waals surface area contributed by atoms with Crippen LogP contribution in [0.25, 0.3) is 5.52 Å². The minimum absolute atomic E-state index is 0.0371. The van der Waals surface area contributed by atoms with Gasteiger partial charge in [0.1, 0.15) is 11.9 Å². The molecular formula is C35H41NO4. The molecule has 4 rings (SSSR count). The third-order valence-corrected chi connectivity index (χ3v) is 7.28. The Labute approximate surface area is 237 Å². The van der Waals surface area contributed by atoms with Crippen LogP contribution in [0.3, 0.4) is 0 Å². The van der Waals surface area contributed by atoms with Gasteiger partial charge in [0.05, 0.1) is 5.52 Å². The summed E-state index contributed by atoms with van der Waals surface area (Å²) in [4.78, 5) is 24.5. The molecule has 4 aromatic rings. The summed E-state index contributed by atoms with van der Waals surface area (Å²) in [5.41, 5.74) is 5.51. The monoisotopic (exact) mass is 539 g/mol. The van der Waals surface area contributed by atoms with E-state index in [9.17, 15) is 9.59 Å². The molecule has 0 saturated carbocycles. The van der Waals surface area contributed by atoms with Crippen LogP contribution in [0.4, 0.5) is 0 Å². The van der Waals surface area contributed by atoms with Crippen molar-refractivity contribution in [1.29, 1.82) is 0 Å². The van der Waals surface area contributed by atoms with Gasteiger partial charge in [0.25, 0.3) is 0 Å². The van der Waals surface area contributed by atoms with E-state index in [2.05, 4.69) is 45.0 Å². The number of pyridine rings is 1. The first-order valence-corrected chi connectivity index (χ1v) is 14.6. The van der Waals surface area contributed by atoms with Crippen molar-refractivity contribution < 1.29 is 19.4 Å². The summed E-state index contributed by atoms with van der Waals surface area (Å²) < 4.78 is 8.47. The molecule has 210 valence electrons. The third-order valence-electron chi connectivity index (χ3n) is 7.28. The topological polar surface area (TPSA) is 68.0 Å². The summed E-state index contributed by atoms with van der Waals surface area (Å²) in [6.07, 6.45) is 8.55. The van der Waals surface area contributed by atoms with Gasteiger partial charge in [0, 0.05) is 29.4 Å². The first-order chi connectivity index (χ1) is 19.4. The molecule has 2 heterocycles. The Morgan fingerprint density at radius 2 is 1.68 bits per heavy atom. The summed E-state index contributed by atoms with van der Waals surface area (Å²) in [6, 6.07) is 23.9. The van der Waals surface area contributed by atoms with Crippen LogP contribution in [0.1, 0.15) is 98.1 Å². The fourth-order valence-electron chi connectivity index (χ4n) is 5.24. The molecule has 0 unspecified atom stereocenters. The van der Waals surface area contributed by atoms with Gasteiger partial charge in [0.2, 0.25) is 0 Å². The molecule has 0 bridgehead atoms. The van der Waals surface area contributed by atoms with Gasteiger partial charge in [-0.3, -0.25) is 9.59 Å². The zero-order chi connectivity index (χ0) is 28.5. The maximum Gasteiger partial charge on any atom is 0.303 e. The van der Waals surface area contributed by atoms with E-state index in [1.54, 1.807) is 0 Å². The van der Waals surface area contributed by atoms with Crippen molar-refractivity contribution in [2.75, 3.05) is 0 Å². The van der Waals surface area contributed by atoms with E-state index >= 15 is 0 Å². The summed E-state index contributed by atoms with van der Waals surface area (Å²) in [7, 11) is 0. The average molecular weight is 540 g/mol. The molecular weight excluding hydrogens is 498 g/mol. The number of carbonyl (C=O) groups excluding carboxylic acids is 1. The fourth-order valence-corrected chi connectivity index (χ4v) is 5.24. The van der Waals surface area contributed by atoms with E-state index in [0.29, 0.717) is 29.9 Å². The van der Waals surface area contributed by atoms with Crippen molar-refractivity contribution in [3.05, 3.63) is 107 Å². The number of hydrogen-bond donors (Lipinski definition) is 1. The van der Waals surface area contributed by atoms with Crippen molar-refractivity contribution in [1.82, 2.24) is 4.40 Å². The van der Waals surface area contributed by atoms with Gasteiger partial charge in [-0.05, 0) is 91.6 Å². The van der Waals surface area contributed by atoms with Gasteiger partial charge in [0.15, 0.2) is 5.78 Å². The lowest BCUT2D eigenvalue weighted by Gasteiger charge is -2.20. The molecule has 5 heteroatoms. The van der Waals surface area contributed by atoms with Crippen LogP contribution in [0.2, 0.25) is 0 Å². The summed E-state index contributed by atoms with van der Waals surface area (Å²) in [5.74, 6) is 0.507. The number of aryl methyl sites for hydroxylation is 1. The Morgan fingerprint density at radius 1 is 0.925 bits per heavy atom. The molecule has 0 radical (unpaired) electrons. The molecule has 1 N–H and O–H groups in total. The first kappa shape index (κ1) is 29.1. The second-order valence-corrected chi connectivity index (χ2v) is 11.0. The van der Waals surface area contributed by atoms with Gasteiger partial charge in [-0.15, -0.1) is 0 Å². The number of hydrogen-bond acceptors (Lipinski definition) is 3. The lowest BCUT2D eigenvalue weighted by molar-refractivity contribution is -0.137. The number of ether oxygens (including phenoxy) is 1. The molecule has 1 atom stereocenters. The highest BCUT2D eigenvalue weighted by Gasteiger charge is 2.18. The molecule has 0 fully saturated rings. The SMILES string of the molecule is CCCCC[C@@H](Oc1ccc(C(=O)c2cc(CCCC(=O)O)n3ccccc23)cc1)c1ccc(CC(C)C)cc1. The Bertz CT molecular complexity index is 1400. The fraction of sp³-hybridized carbons (Fsp3) is 0.371. The molecule has 0 aliphatic heterocycles. The van der Waals surface area contributed by atoms with Crippen molar-refractivity contribution in [3.63, 3.8) is 0 Å². The minimum Gasteiger partial charge on any atom is -0.486 e. The van der Waals surface area contributed by atoms with Crippen LogP contribution in [-0.4, -0.2) is 21.3 Å². The van der Waals surface area contributed by atoms with Crippen LogP contribution in [-0.2, 0) is 17.6 Å². The molecule has 0 aliphatic carbocycles.